The molecule has 0 aliphatic carbocycles. The van der Waals surface area contributed by atoms with Crippen molar-refractivity contribution in [1.29, 1.82) is 0 Å². The van der Waals surface area contributed by atoms with Crippen LogP contribution in [0.3, 0.4) is 0 Å². The molecule has 4 rings (SSSR count). The molecule has 2 aliphatic heterocycles. The number of hydrogen-bond donors (Lipinski definition) is 1. The van der Waals surface area contributed by atoms with Crippen molar-refractivity contribution in [1.82, 2.24) is 29.5 Å². The largest absolute Gasteiger partial charge is 0.340 e. The maximum absolute atomic E-state index is 12.5. The normalized spacial score (nSPS) is 18.4. The fraction of sp³-hybridized carbons (Fsp3) is 0.529. The molecule has 2 fully saturated rings. The SMILES string of the molecule is CC(C)c1cc(C(=O)N2CC3(CN(C(=O)c4cn(C)cn4)C3)C2)n[nH]1. The lowest BCUT2D eigenvalue weighted by molar-refractivity contribution is -0.0825. The van der Waals surface area contributed by atoms with Gasteiger partial charge in [0.2, 0.25) is 0 Å². The van der Waals surface area contributed by atoms with Crippen LogP contribution in [0.4, 0.5) is 0 Å². The first kappa shape index (κ1) is 15.9. The molecular formula is C17H22N6O2. The average Bonchev–Trinajstić information content (AvgIpc) is 3.12. The third kappa shape index (κ3) is 2.61. The molecule has 0 bridgehead atoms. The standard InChI is InChI=1S/C17H22N6O2/c1-11(2)12-4-13(20-19-12)15(24)22-6-17(7-22)8-23(9-17)16(25)14-5-21(3)10-18-14/h4-5,10-11H,6-9H2,1-3H3,(H,19,20). The van der Waals surface area contributed by atoms with E-state index in [2.05, 4.69) is 29.0 Å². The first-order valence-electron chi connectivity index (χ1n) is 8.49. The second kappa shape index (κ2) is 5.44. The zero-order valence-electron chi connectivity index (χ0n) is 14.7. The molecule has 0 atom stereocenters. The quantitative estimate of drug-likeness (QED) is 0.896. The fourth-order valence-corrected chi connectivity index (χ4v) is 3.60. The summed E-state index contributed by atoms with van der Waals surface area (Å²) in [4.78, 5) is 32.5. The number of aromatic nitrogens is 4. The Morgan fingerprint density at radius 2 is 1.72 bits per heavy atom. The van der Waals surface area contributed by atoms with E-state index in [1.165, 1.54) is 0 Å². The summed E-state index contributed by atoms with van der Waals surface area (Å²) in [6.45, 7) is 6.85. The van der Waals surface area contributed by atoms with Gasteiger partial charge in [-0.05, 0) is 12.0 Å². The summed E-state index contributed by atoms with van der Waals surface area (Å²) in [5, 5.41) is 7.05. The summed E-state index contributed by atoms with van der Waals surface area (Å²) in [5.74, 6) is 0.239. The van der Waals surface area contributed by atoms with Crippen LogP contribution in [0, 0.1) is 5.41 Å². The monoisotopic (exact) mass is 342 g/mol. The number of aromatic amines is 1. The van der Waals surface area contributed by atoms with E-state index in [-0.39, 0.29) is 17.2 Å². The molecule has 1 N–H and O–H groups in total. The van der Waals surface area contributed by atoms with Crippen molar-refractivity contribution in [2.45, 2.75) is 19.8 Å². The summed E-state index contributed by atoms with van der Waals surface area (Å²) in [6, 6.07) is 1.83. The van der Waals surface area contributed by atoms with Gasteiger partial charge in [-0.1, -0.05) is 13.8 Å². The number of rotatable bonds is 3. The second-order valence-corrected chi connectivity index (χ2v) is 7.61. The van der Waals surface area contributed by atoms with Crippen LogP contribution < -0.4 is 0 Å². The van der Waals surface area contributed by atoms with Crippen LogP contribution in [0.1, 0.15) is 46.4 Å². The minimum absolute atomic E-state index is 0.0372. The summed E-state index contributed by atoms with van der Waals surface area (Å²) in [7, 11) is 1.84. The number of carbonyl (C=O) groups is 2. The van der Waals surface area contributed by atoms with Crippen LogP contribution in [0.15, 0.2) is 18.6 Å². The number of hydrogen-bond acceptors (Lipinski definition) is 4. The van der Waals surface area contributed by atoms with E-state index < -0.39 is 0 Å². The fourth-order valence-electron chi connectivity index (χ4n) is 3.60. The topological polar surface area (TPSA) is 87.1 Å². The lowest BCUT2D eigenvalue weighted by Gasteiger charge is -2.59. The summed E-state index contributed by atoms with van der Waals surface area (Å²) in [5.41, 5.74) is 1.97. The molecule has 0 saturated carbocycles. The molecule has 2 saturated heterocycles. The van der Waals surface area contributed by atoms with E-state index in [1.807, 2.05) is 18.0 Å². The van der Waals surface area contributed by atoms with Gasteiger partial charge in [-0.25, -0.2) is 4.98 Å². The Balaban J connectivity index is 1.32. The van der Waals surface area contributed by atoms with Gasteiger partial charge >= 0.3 is 0 Å². The first-order chi connectivity index (χ1) is 11.9. The van der Waals surface area contributed by atoms with Crippen molar-refractivity contribution in [2.24, 2.45) is 12.5 Å². The molecule has 2 aliphatic rings. The van der Waals surface area contributed by atoms with Crippen LogP contribution in [-0.4, -0.2) is 67.5 Å². The Kier molecular flexibility index (Phi) is 3.45. The van der Waals surface area contributed by atoms with E-state index in [1.54, 1.807) is 22.0 Å². The highest BCUT2D eigenvalue weighted by molar-refractivity contribution is 5.94. The molecule has 0 radical (unpaired) electrons. The van der Waals surface area contributed by atoms with Gasteiger partial charge in [0.25, 0.3) is 11.8 Å². The number of nitrogens with zero attached hydrogens (tertiary/aromatic N) is 5. The van der Waals surface area contributed by atoms with E-state index >= 15 is 0 Å². The molecule has 132 valence electrons. The Labute approximate surface area is 145 Å². The van der Waals surface area contributed by atoms with E-state index in [9.17, 15) is 9.59 Å². The van der Waals surface area contributed by atoms with Gasteiger partial charge in [0.1, 0.15) is 11.4 Å². The minimum Gasteiger partial charge on any atom is -0.340 e. The number of carbonyl (C=O) groups excluding carboxylic acids is 2. The van der Waals surface area contributed by atoms with Crippen LogP contribution in [0.25, 0.3) is 0 Å². The number of likely N-dealkylation sites (tertiary alicyclic amines) is 2. The van der Waals surface area contributed by atoms with E-state index in [0.29, 0.717) is 43.5 Å². The lowest BCUT2D eigenvalue weighted by Crippen LogP contribution is -2.73. The van der Waals surface area contributed by atoms with Gasteiger partial charge in [-0.2, -0.15) is 5.10 Å². The lowest BCUT2D eigenvalue weighted by atomic mass is 9.72. The molecular weight excluding hydrogens is 320 g/mol. The predicted octanol–water partition coefficient (Wildman–Crippen LogP) is 0.865. The van der Waals surface area contributed by atoms with Gasteiger partial charge < -0.3 is 14.4 Å². The molecule has 25 heavy (non-hydrogen) atoms. The molecule has 0 unspecified atom stereocenters. The minimum atomic E-state index is -0.0386. The maximum Gasteiger partial charge on any atom is 0.274 e. The molecule has 4 heterocycles. The molecule has 8 nitrogen and oxygen atoms in total. The number of amides is 2. The molecule has 8 heteroatoms. The zero-order chi connectivity index (χ0) is 17.8. The first-order valence-corrected chi connectivity index (χ1v) is 8.49. The summed E-state index contributed by atoms with van der Waals surface area (Å²) < 4.78 is 1.77. The van der Waals surface area contributed by atoms with Crippen molar-refractivity contribution >= 4 is 11.8 Å². The van der Waals surface area contributed by atoms with Crippen molar-refractivity contribution in [3.05, 3.63) is 35.7 Å². The van der Waals surface area contributed by atoms with Gasteiger partial charge in [-0.15, -0.1) is 0 Å². The third-order valence-electron chi connectivity index (χ3n) is 5.04. The molecule has 2 aromatic heterocycles. The number of aryl methyl sites for hydroxylation is 1. The van der Waals surface area contributed by atoms with E-state index in [0.717, 1.165) is 5.69 Å². The second-order valence-electron chi connectivity index (χ2n) is 7.61. The summed E-state index contributed by atoms with van der Waals surface area (Å²) >= 11 is 0. The van der Waals surface area contributed by atoms with Gasteiger partial charge in [-0.3, -0.25) is 14.7 Å². The number of imidazole rings is 1. The highest BCUT2D eigenvalue weighted by atomic mass is 16.2. The van der Waals surface area contributed by atoms with Gasteiger partial charge in [0, 0.05) is 50.5 Å². The van der Waals surface area contributed by atoms with Gasteiger partial charge in [0.15, 0.2) is 0 Å². The highest BCUT2D eigenvalue weighted by Crippen LogP contribution is 2.40. The van der Waals surface area contributed by atoms with Crippen molar-refractivity contribution in [2.75, 3.05) is 26.2 Å². The number of nitrogens with one attached hydrogen (secondary N) is 1. The van der Waals surface area contributed by atoms with Crippen LogP contribution in [0.5, 0.6) is 0 Å². The van der Waals surface area contributed by atoms with Crippen LogP contribution >= 0.6 is 0 Å². The Hall–Kier alpha value is -2.64. The van der Waals surface area contributed by atoms with Crippen molar-refractivity contribution in [3.63, 3.8) is 0 Å². The van der Waals surface area contributed by atoms with Crippen molar-refractivity contribution < 1.29 is 9.59 Å². The van der Waals surface area contributed by atoms with Gasteiger partial charge in [0.05, 0.1) is 6.33 Å². The molecule has 2 aromatic rings. The van der Waals surface area contributed by atoms with Crippen LogP contribution in [-0.2, 0) is 7.05 Å². The zero-order valence-corrected chi connectivity index (χ0v) is 14.7. The smallest absolute Gasteiger partial charge is 0.274 e. The van der Waals surface area contributed by atoms with Crippen LogP contribution in [0.2, 0.25) is 0 Å². The molecule has 2 amide bonds. The highest BCUT2D eigenvalue weighted by Gasteiger charge is 2.55. The van der Waals surface area contributed by atoms with E-state index in [4.69, 9.17) is 0 Å². The number of H-pyrrole nitrogens is 1. The summed E-state index contributed by atoms with van der Waals surface area (Å²) in [6.07, 6.45) is 3.36. The Morgan fingerprint density at radius 1 is 1.12 bits per heavy atom. The molecule has 1 spiro atoms. The van der Waals surface area contributed by atoms with Crippen molar-refractivity contribution in [3.8, 4) is 0 Å². The third-order valence-corrected chi connectivity index (χ3v) is 5.04. The predicted molar refractivity (Wildman–Crippen MR) is 90.1 cm³/mol. The molecule has 0 aromatic carbocycles. The average molecular weight is 342 g/mol. The Morgan fingerprint density at radius 3 is 2.20 bits per heavy atom. The Bertz CT molecular complexity index is 822. The maximum atomic E-state index is 12.5.